The standard InChI is InChI=1S/C28H33Cl2FN2O5S/c1-27(2,3)39(36,37)15-22(16-8-9-16)33-24(17-10-11-20(30)21(31)13-17)25(18-6-5-7-19(29)12-18)38-28(4,26(33)35)14-23(32)34/h5-7,10-13,16,22,24-25H,8-9,14-15H2,1-4H3,(H2,32,34)/t22?,24?,25?,28-/m1/s1. The first-order valence-corrected chi connectivity index (χ1v) is 15.2. The summed E-state index contributed by atoms with van der Waals surface area (Å²) >= 11 is 12.3. The van der Waals surface area contributed by atoms with E-state index in [1.807, 2.05) is 0 Å². The second-order valence-corrected chi connectivity index (χ2v) is 15.2. The first-order valence-electron chi connectivity index (χ1n) is 12.8. The molecular formula is C28H33Cl2FN2O5S. The maximum Gasteiger partial charge on any atom is 0.256 e. The van der Waals surface area contributed by atoms with Crippen LogP contribution < -0.4 is 5.73 Å². The van der Waals surface area contributed by atoms with Gasteiger partial charge >= 0.3 is 0 Å². The highest BCUT2D eigenvalue weighted by atomic mass is 35.5. The predicted octanol–water partition coefficient (Wildman–Crippen LogP) is 5.40. The Labute approximate surface area is 238 Å². The van der Waals surface area contributed by atoms with Crippen LogP contribution in [0.5, 0.6) is 0 Å². The largest absolute Gasteiger partial charge is 0.370 e. The summed E-state index contributed by atoms with van der Waals surface area (Å²) in [6.07, 6.45) is 0.102. The van der Waals surface area contributed by atoms with Crippen molar-refractivity contribution in [3.8, 4) is 0 Å². The molecule has 1 heterocycles. The Balaban J connectivity index is 1.97. The number of halogens is 3. The highest BCUT2D eigenvalue weighted by Gasteiger charge is 2.56. The fraction of sp³-hybridized carbons (Fsp3) is 0.500. The van der Waals surface area contributed by atoms with Crippen LogP contribution in [-0.2, 0) is 24.2 Å². The van der Waals surface area contributed by atoms with Crippen LogP contribution in [0.4, 0.5) is 4.39 Å². The van der Waals surface area contributed by atoms with Crippen LogP contribution in [0, 0.1) is 11.7 Å². The number of hydrogen-bond donors (Lipinski definition) is 1. The highest BCUT2D eigenvalue weighted by Crippen LogP contribution is 2.51. The van der Waals surface area contributed by atoms with Gasteiger partial charge in [0.2, 0.25) is 5.91 Å². The van der Waals surface area contributed by atoms with Gasteiger partial charge in [-0.1, -0.05) is 41.4 Å². The van der Waals surface area contributed by atoms with Gasteiger partial charge in [0.1, 0.15) is 11.9 Å². The Kier molecular flexibility index (Phi) is 8.13. The molecular weight excluding hydrogens is 566 g/mol. The molecule has 0 spiro atoms. The summed E-state index contributed by atoms with van der Waals surface area (Å²) in [6, 6.07) is 9.35. The fourth-order valence-corrected chi connectivity index (χ4v) is 6.81. The van der Waals surface area contributed by atoms with Gasteiger partial charge in [-0.25, -0.2) is 12.8 Å². The molecule has 212 valence electrons. The van der Waals surface area contributed by atoms with Gasteiger partial charge in [-0.3, -0.25) is 9.59 Å². The van der Waals surface area contributed by atoms with Crippen molar-refractivity contribution in [1.82, 2.24) is 4.90 Å². The Bertz CT molecular complexity index is 1390. The molecule has 1 aliphatic heterocycles. The number of nitrogens with two attached hydrogens (primary N) is 1. The lowest BCUT2D eigenvalue weighted by Crippen LogP contribution is -2.62. The number of carbonyl (C=O) groups is 2. The fourth-order valence-electron chi connectivity index (χ4n) is 5.11. The average molecular weight is 600 g/mol. The van der Waals surface area contributed by atoms with E-state index in [9.17, 15) is 22.4 Å². The summed E-state index contributed by atoms with van der Waals surface area (Å²) in [5.41, 5.74) is 4.79. The Morgan fingerprint density at radius 1 is 1.18 bits per heavy atom. The van der Waals surface area contributed by atoms with E-state index in [0.717, 1.165) is 12.8 Å². The number of ether oxygens (including phenoxy) is 1. The lowest BCUT2D eigenvalue weighted by atomic mass is 9.85. The number of amides is 2. The zero-order valence-electron chi connectivity index (χ0n) is 22.3. The predicted molar refractivity (Wildman–Crippen MR) is 149 cm³/mol. The molecule has 2 aliphatic rings. The number of benzene rings is 2. The lowest BCUT2D eigenvalue weighted by Gasteiger charge is -2.52. The summed E-state index contributed by atoms with van der Waals surface area (Å²) in [6.45, 7) is 6.33. The number of carbonyl (C=O) groups excluding carboxylic acids is 2. The second kappa shape index (κ2) is 10.7. The minimum Gasteiger partial charge on any atom is -0.370 e. The van der Waals surface area contributed by atoms with E-state index in [1.54, 1.807) is 51.1 Å². The first kappa shape index (κ1) is 29.8. The van der Waals surface area contributed by atoms with Crippen molar-refractivity contribution in [2.24, 2.45) is 11.7 Å². The SMILES string of the molecule is CC(C)(C)S(=O)(=O)CC(C1CC1)N1C(=O)[C@@](C)(CC(N)=O)OC(c2cccc(Cl)c2)C1c1ccc(Cl)c(F)c1. The maximum atomic E-state index is 14.8. The van der Waals surface area contributed by atoms with Crippen LogP contribution in [0.15, 0.2) is 42.5 Å². The molecule has 1 aliphatic carbocycles. The molecule has 2 N–H and O–H groups in total. The van der Waals surface area contributed by atoms with Crippen LogP contribution in [0.2, 0.25) is 10.0 Å². The lowest BCUT2D eigenvalue weighted by molar-refractivity contribution is -0.204. The number of rotatable bonds is 8. The van der Waals surface area contributed by atoms with Crippen LogP contribution in [0.3, 0.4) is 0 Å². The van der Waals surface area contributed by atoms with E-state index in [0.29, 0.717) is 16.1 Å². The van der Waals surface area contributed by atoms with E-state index >= 15 is 0 Å². The van der Waals surface area contributed by atoms with Gasteiger partial charge in [-0.05, 0) is 81.8 Å². The third-order valence-electron chi connectivity index (χ3n) is 7.48. The van der Waals surface area contributed by atoms with Crippen molar-refractivity contribution in [2.75, 3.05) is 5.75 Å². The van der Waals surface area contributed by atoms with E-state index in [1.165, 1.54) is 24.0 Å². The molecule has 0 radical (unpaired) electrons. The summed E-state index contributed by atoms with van der Waals surface area (Å²) in [4.78, 5) is 27.9. The minimum atomic E-state index is -3.69. The smallest absolute Gasteiger partial charge is 0.256 e. The molecule has 1 saturated heterocycles. The van der Waals surface area contributed by atoms with Gasteiger partial charge in [0, 0.05) is 11.1 Å². The number of morpholine rings is 1. The van der Waals surface area contributed by atoms with Crippen molar-refractivity contribution < 1.29 is 27.1 Å². The van der Waals surface area contributed by atoms with Gasteiger partial charge in [0.15, 0.2) is 15.4 Å². The minimum absolute atomic E-state index is 0.0957. The van der Waals surface area contributed by atoms with E-state index in [2.05, 4.69) is 0 Å². The number of hydrogen-bond acceptors (Lipinski definition) is 5. The summed E-state index contributed by atoms with van der Waals surface area (Å²) in [7, 11) is -3.69. The van der Waals surface area contributed by atoms with Gasteiger partial charge < -0.3 is 15.4 Å². The third-order valence-corrected chi connectivity index (χ3v) is 10.7. The summed E-state index contributed by atoms with van der Waals surface area (Å²) in [5.74, 6) is -2.42. The molecule has 0 bridgehead atoms. The molecule has 11 heteroatoms. The van der Waals surface area contributed by atoms with E-state index < -0.39 is 62.4 Å². The van der Waals surface area contributed by atoms with Crippen molar-refractivity contribution in [3.05, 3.63) is 69.5 Å². The summed E-state index contributed by atoms with van der Waals surface area (Å²) in [5, 5.41) is 0.312. The number of primary amides is 1. The number of nitrogens with zero attached hydrogens (tertiary/aromatic N) is 1. The van der Waals surface area contributed by atoms with Crippen molar-refractivity contribution in [2.45, 2.75) is 75.5 Å². The quantitative estimate of drug-likeness (QED) is 0.438. The zero-order valence-corrected chi connectivity index (χ0v) is 24.6. The molecule has 3 unspecified atom stereocenters. The van der Waals surface area contributed by atoms with Gasteiger partial charge in [0.05, 0.1) is 28.0 Å². The monoisotopic (exact) mass is 598 g/mol. The average Bonchev–Trinajstić information content (AvgIpc) is 3.65. The maximum absolute atomic E-state index is 14.8. The zero-order chi connectivity index (χ0) is 28.9. The molecule has 39 heavy (non-hydrogen) atoms. The van der Waals surface area contributed by atoms with Gasteiger partial charge in [-0.2, -0.15) is 0 Å². The van der Waals surface area contributed by atoms with Crippen LogP contribution in [0.1, 0.15) is 70.2 Å². The third kappa shape index (κ3) is 6.11. The molecule has 2 aromatic rings. The highest BCUT2D eigenvalue weighted by molar-refractivity contribution is 7.92. The van der Waals surface area contributed by atoms with Crippen molar-refractivity contribution in [3.63, 3.8) is 0 Å². The van der Waals surface area contributed by atoms with Gasteiger partial charge in [0.25, 0.3) is 5.91 Å². The molecule has 2 amide bonds. The van der Waals surface area contributed by atoms with Crippen LogP contribution in [-0.4, -0.2) is 47.3 Å². The molecule has 2 fully saturated rings. The van der Waals surface area contributed by atoms with E-state index in [4.69, 9.17) is 33.7 Å². The molecule has 4 atom stereocenters. The van der Waals surface area contributed by atoms with Crippen LogP contribution >= 0.6 is 23.2 Å². The molecule has 0 aromatic heterocycles. The molecule has 4 rings (SSSR count). The normalized spacial score (nSPS) is 25.0. The van der Waals surface area contributed by atoms with Crippen LogP contribution in [0.25, 0.3) is 0 Å². The van der Waals surface area contributed by atoms with Crippen molar-refractivity contribution in [1.29, 1.82) is 0 Å². The summed E-state index contributed by atoms with van der Waals surface area (Å²) < 4.78 is 47.1. The van der Waals surface area contributed by atoms with Crippen molar-refractivity contribution >= 4 is 44.9 Å². The molecule has 1 saturated carbocycles. The Morgan fingerprint density at radius 2 is 1.85 bits per heavy atom. The number of sulfone groups is 1. The first-order chi connectivity index (χ1) is 18.0. The topological polar surface area (TPSA) is 107 Å². The van der Waals surface area contributed by atoms with Gasteiger partial charge in [-0.15, -0.1) is 0 Å². The Hall–Kier alpha value is -2.20. The van der Waals surface area contributed by atoms with E-state index in [-0.39, 0.29) is 16.7 Å². The Morgan fingerprint density at radius 3 is 2.38 bits per heavy atom. The molecule has 2 aromatic carbocycles. The second-order valence-electron chi connectivity index (χ2n) is 11.6. The molecule has 7 nitrogen and oxygen atoms in total.